The van der Waals surface area contributed by atoms with Gasteiger partial charge in [0.05, 0.1) is 6.54 Å². The molecule has 0 aliphatic carbocycles. The number of aryl methyl sites for hydroxylation is 1. The van der Waals surface area contributed by atoms with Crippen LogP contribution in [0.3, 0.4) is 0 Å². The highest BCUT2D eigenvalue weighted by atomic mass is 32.1. The summed E-state index contributed by atoms with van der Waals surface area (Å²) in [4.78, 5) is 32.2. The first-order valence-electron chi connectivity index (χ1n) is 5.21. The monoisotopic (exact) mass is 269 g/mol. The first-order chi connectivity index (χ1) is 8.56. The van der Waals surface area contributed by atoms with Crippen molar-refractivity contribution in [2.24, 2.45) is 5.16 Å². The zero-order chi connectivity index (χ0) is 13.1. The molecular weight excluding hydrogens is 258 g/mol. The first-order valence-corrected chi connectivity index (χ1v) is 6.03. The Morgan fingerprint density at radius 3 is 3.00 bits per heavy atom. The van der Waals surface area contributed by atoms with Gasteiger partial charge in [-0.05, 0) is 6.92 Å². The zero-order valence-electron chi connectivity index (χ0n) is 9.54. The fourth-order valence-corrected chi connectivity index (χ4v) is 2.13. The minimum atomic E-state index is -1.17. The molecule has 2 heterocycles. The quantitative estimate of drug-likeness (QED) is 0.818. The van der Waals surface area contributed by atoms with E-state index in [4.69, 9.17) is 9.94 Å². The molecule has 2 N–H and O–H groups in total. The Labute approximate surface area is 106 Å². The molecule has 96 valence electrons. The number of thiazole rings is 1. The number of aromatic nitrogens is 1. The minimum Gasteiger partial charge on any atom is -0.477 e. The third-order valence-corrected chi connectivity index (χ3v) is 3.20. The molecule has 2 rings (SSSR count). The van der Waals surface area contributed by atoms with Crippen LogP contribution >= 0.6 is 11.3 Å². The fourth-order valence-electron chi connectivity index (χ4n) is 1.40. The Kier molecular flexibility index (Phi) is 3.56. The molecule has 1 aliphatic rings. The van der Waals surface area contributed by atoms with Gasteiger partial charge in [0.1, 0.15) is 5.01 Å². The maximum absolute atomic E-state index is 11.7. The number of carbonyl (C=O) groups excluding carboxylic acids is 1. The molecule has 0 radical (unpaired) electrons. The summed E-state index contributed by atoms with van der Waals surface area (Å²) in [5, 5.41) is 15.4. The molecule has 7 nitrogen and oxygen atoms in total. The molecule has 0 aromatic carbocycles. The third-order valence-electron chi connectivity index (χ3n) is 2.29. The highest BCUT2D eigenvalue weighted by Crippen LogP contribution is 2.13. The Morgan fingerprint density at radius 1 is 1.67 bits per heavy atom. The summed E-state index contributed by atoms with van der Waals surface area (Å²) in [7, 11) is 0. The lowest BCUT2D eigenvalue weighted by Crippen LogP contribution is -2.34. The smallest absolute Gasteiger partial charge is 0.353 e. The molecule has 1 unspecified atom stereocenters. The van der Waals surface area contributed by atoms with Crippen LogP contribution in [0.25, 0.3) is 0 Å². The maximum Gasteiger partial charge on any atom is 0.353 e. The van der Waals surface area contributed by atoms with Gasteiger partial charge in [-0.3, -0.25) is 4.79 Å². The number of hydrogen-bond donors (Lipinski definition) is 2. The number of oxime groups is 1. The number of carboxylic acid groups (broad SMARTS) is 1. The van der Waals surface area contributed by atoms with Crippen LogP contribution in [0, 0.1) is 6.92 Å². The second-order valence-corrected chi connectivity index (χ2v) is 5.04. The molecule has 18 heavy (non-hydrogen) atoms. The second kappa shape index (κ2) is 5.13. The first kappa shape index (κ1) is 12.5. The van der Waals surface area contributed by atoms with E-state index >= 15 is 0 Å². The van der Waals surface area contributed by atoms with E-state index in [0.717, 1.165) is 9.88 Å². The number of nitrogens with zero attached hydrogens (tertiary/aromatic N) is 2. The van der Waals surface area contributed by atoms with Crippen LogP contribution in [0.15, 0.2) is 11.4 Å². The Balaban J connectivity index is 1.82. The molecule has 8 heteroatoms. The molecule has 0 bridgehead atoms. The highest BCUT2D eigenvalue weighted by molar-refractivity contribution is 7.11. The number of rotatable bonds is 4. The summed E-state index contributed by atoms with van der Waals surface area (Å²) in [6, 6.07) is 0. The minimum absolute atomic E-state index is 0.0158. The van der Waals surface area contributed by atoms with E-state index in [0.29, 0.717) is 6.54 Å². The molecule has 0 saturated carbocycles. The van der Waals surface area contributed by atoms with Crippen LogP contribution in [-0.4, -0.2) is 33.8 Å². The van der Waals surface area contributed by atoms with Crippen LogP contribution in [0.5, 0.6) is 0 Å². The van der Waals surface area contributed by atoms with Crippen LogP contribution in [0.4, 0.5) is 0 Å². The number of carbonyl (C=O) groups is 2. The van der Waals surface area contributed by atoms with Gasteiger partial charge in [-0.1, -0.05) is 5.16 Å². The SMILES string of the molecule is Cc1cnc(CNC(=O)C2CC(C(=O)O)=NO2)s1. The zero-order valence-corrected chi connectivity index (χ0v) is 10.4. The summed E-state index contributed by atoms with van der Waals surface area (Å²) < 4.78 is 0. The largest absolute Gasteiger partial charge is 0.477 e. The van der Waals surface area contributed by atoms with E-state index in [1.54, 1.807) is 6.20 Å². The number of hydrogen-bond acceptors (Lipinski definition) is 6. The van der Waals surface area contributed by atoms with Gasteiger partial charge in [-0.25, -0.2) is 9.78 Å². The molecule has 1 amide bonds. The van der Waals surface area contributed by atoms with Gasteiger partial charge in [0.25, 0.3) is 5.91 Å². The molecule has 0 fully saturated rings. The van der Waals surface area contributed by atoms with Crippen molar-refractivity contribution in [3.8, 4) is 0 Å². The molecule has 0 spiro atoms. The van der Waals surface area contributed by atoms with Crippen molar-refractivity contribution in [2.75, 3.05) is 0 Å². The summed E-state index contributed by atoms with van der Waals surface area (Å²) in [5.41, 5.74) is -0.139. The van der Waals surface area contributed by atoms with E-state index in [-0.39, 0.29) is 18.0 Å². The van der Waals surface area contributed by atoms with Crippen molar-refractivity contribution in [2.45, 2.75) is 26.0 Å². The summed E-state index contributed by atoms with van der Waals surface area (Å²) in [6.07, 6.45) is 0.847. The van der Waals surface area contributed by atoms with Crippen molar-refractivity contribution in [1.82, 2.24) is 10.3 Å². The topological polar surface area (TPSA) is 101 Å². The van der Waals surface area contributed by atoms with E-state index in [1.807, 2.05) is 6.92 Å². The number of aliphatic carboxylic acids is 1. The van der Waals surface area contributed by atoms with Crippen LogP contribution in [-0.2, 0) is 21.0 Å². The van der Waals surface area contributed by atoms with Crippen LogP contribution in [0.2, 0.25) is 0 Å². The van der Waals surface area contributed by atoms with Gasteiger partial charge < -0.3 is 15.3 Å². The molecule has 1 atom stereocenters. The standard InChI is InChI=1S/C10H11N3O4S/c1-5-3-11-8(18-5)4-12-9(14)7-2-6(10(15)16)13-17-7/h3,7H,2,4H2,1H3,(H,12,14)(H,15,16). The van der Waals surface area contributed by atoms with Crippen LogP contribution in [0.1, 0.15) is 16.3 Å². The van der Waals surface area contributed by atoms with E-state index in [1.165, 1.54) is 11.3 Å². The van der Waals surface area contributed by atoms with Gasteiger partial charge in [0, 0.05) is 17.5 Å². The molecular formula is C10H11N3O4S. The van der Waals surface area contributed by atoms with E-state index < -0.39 is 12.1 Å². The van der Waals surface area contributed by atoms with Gasteiger partial charge in [0.2, 0.25) is 6.10 Å². The van der Waals surface area contributed by atoms with Gasteiger partial charge in [-0.15, -0.1) is 11.3 Å². The van der Waals surface area contributed by atoms with Crippen molar-refractivity contribution >= 4 is 28.9 Å². The predicted molar refractivity (Wildman–Crippen MR) is 63.3 cm³/mol. The van der Waals surface area contributed by atoms with Crippen molar-refractivity contribution in [3.63, 3.8) is 0 Å². The van der Waals surface area contributed by atoms with Gasteiger partial charge in [0.15, 0.2) is 5.71 Å². The van der Waals surface area contributed by atoms with E-state index in [9.17, 15) is 9.59 Å². The lowest BCUT2D eigenvalue weighted by atomic mass is 10.2. The van der Waals surface area contributed by atoms with Gasteiger partial charge in [-0.2, -0.15) is 0 Å². The normalized spacial score (nSPS) is 18.1. The number of nitrogens with one attached hydrogen (secondary N) is 1. The Bertz CT molecular complexity index is 511. The Morgan fingerprint density at radius 2 is 2.44 bits per heavy atom. The highest BCUT2D eigenvalue weighted by Gasteiger charge is 2.31. The fraction of sp³-hybridized carbons (Fsp3) is 0.400. The lowest BCUT2D eigenvalue weighted by molar-refractivity contribution is -0.131. The van der Waals surface area contributed by atoms with Crippen molar-refractivity contribution in [3.05, 3.63) is 16.1 Å². The van der Waals surface area contributed by atoms with Crippen molar-refractivity contribution in [1.29, 1.82) is 0 Å². The Hall–Kier alpha value is -1.96. The maximum atomic E-state index is 11.7. The predicted octanol–water partition coefficient (Wildman–Crippen LogP) is 0.297. The van der Waals surface area contributed by atoms with Crippen LogP contribution < -0.4 is 5.32 Å². The summed E-state index contributed by atoms with van der Waals surface area (Å²) in [5.74, 6) is -1.55. The molecule has 1 aliphatic heterocycles. The average Bonchev–Trinajstić information content (AvgIpc) is 2.94. The number of carboxylic acids is 1. The number of amides is 1. The van der Waals surface area contributed by atoms with E-state index in [2.05, 4.69) is 15.5 Å². The summed E-state index contributed by atoms with van der Waals surface area (Å²) in [6.45, 7) is 2.23. The molecule has 1 aromatic rings. The third kappa shape index (κ3) is 2.83. The average molecular weight is 269 g/mol. The second-order valence-electron chi connectivity index (χ2n) is 3.72. The lowest BCUT2D eigenvalue weighted by Gasteiger charge is -2.07. The van der Waals surface area contributed by atoms with Gasteiger partial charge >= 0.3 is 5.97 Å². The molecule has 0 saturated heterocycles. The molecule has 1 aromatic heterocycles. The van der Waals surface area contributed by atoms with Crippen molar-refractivity contribution < 1.29 is 19.5 Å². The summed E-state index contributed by atoms with van der Waals surface area (Å²) >= 11 is 1.49.